The van der Waals surface area contributed by atoms with E-state index in [1.54, 1.807) is 6.33 Å². The average Bonchev–Trinajstić information content (AvgIpc) is 2.07. The number of anilines is 1. The van der Waals surface area contributed by atoms with Gasteiger partial charge >= 0.3 is 0 Å². The Labute approximate surface area is 93.5 Å². The van der Waals surface area contributed by atoms with Crippen molar-refractivity contribution < 1.29 is 0 Å². The van der Waals surface area contributed by atoms with Crippen molar-refractivity contribution >= 4 is 21.7 Å². The van der Waals surface area contributed by atoms with Crippen LogP contribution in [0, 0.1) is 0 Å². The minimum absolute atomic E-state index is 0.0337. The molecule has 3 nitrogen and oxygen atoms in total. The Kier molecular flexibility index (Phi) is 3.48. The van der Waals surface area contributed by atoms with E-state index in [1.165, 1.54) is 0 Å². The molecule has 1 rings (SSSR count). The van der Waals surface area contributed by atoms with Crippen LogP contribution in [0.25, 0.3) is 0 Å². The van der Waals surface area contributed by atoms with Gasteiger partial charge in [-0.2, -0.15) is 0 Å². The predicted octanol–water partition coefficient (Wildman–Crippen LogP) is 2.97. The molecule has 0 amide bonds. The molecule has 0 aliphatic heterocycles. The van der Waals surface area contributed by atoms with E-state index in [2.05, 4.69) is 52.0 Å². The summed E-state index contributed by atoms with van der Waals surface area (Å²) in [5.41, 5.74) is 1.06. The third kappa shape index (κ3) is 2.44. The third-order valence-electron chi connectivity index (χ3n) is 1.84. The Bertz CT molecular complexity index is 318. The molecule has 0 spiro atoms. The Balaban J connectivity index is 3.14. The van der Waals surface area contributed by atoms with E-state index in [1.807, 2.05) is 6.92 Å². The van der Waals surface area contributed by atoms with Crippen molar-refractivity contribution in [3.8, 4) is 0 Å². The lowest BCUT2D eigenvalue weighted by atomic mass is 9.92. The number of aromatic nitrogens is 2. The third-order valence-corrected chi connectivity index (χ3v) is 2.60. The quantitative estimate of drug-likeness (QED) is 0.886. The number of rotatable bonds is 2. The molecule has 4 heteroatoms. The highest BCUT2D eigenvalue weighted by atomic mass is 79.9. The summed E-state index contributed by atoms with van der Waals surface area (Å²) < 4.78 is 0.967. The molecule has 1 aromatic heterocycles. The first-order valence-corrected chi connectivity index (χ1v) is 5.51. The fourth-order valence-electron chi connectivity index (χ4n) is 1.18. The van der Waals surface area contributed by atoms with Crippen LogP contribution in [-0.4, -0.2) is 16.5 Å². The fourth-order valence-corrected chi connectivity index (χ4v) is 2.12. The van der Waals surface area contributed by atoms with E-state index in [0.29, 0.717) is 0 Å². The first-order valence-electron chi connectivity index (χ1n) is 4.71. The van der Waals surface area contributed by atoms with Gasteiger partial charge in [0.25, 0.3) is 0 Å². The van der Waals surface area contributed by atoms with Gasteiger partial charge in [-0.3, -0.25) is 0 Å². The van der Waals surface area contributed by atoms with Gasteiger partial charge in [0.1, 0.15) is 12.1 Å². The average molecular weight is 258 g/mol. The second-order valence-corrected chi connectivity index (χ2v) is 4.96. The Morgan fingerprint density at radius 1 is 1.36 bits per heavy atom. The van der Waals surface area contributed by atoms with Gasteiger partial charge in [-0.15, -0.1) is 0 Å². The Hall–Kier alpha value is -0.640. The van der Waals surface area contributed by atoms with Gasteiger partial charge in [-0.25, -0.2) is 9.97 Å². The summed E-state index contributed by atoms with van der Waals surface area (Å²) in [7, 11) is 0. The van der Waals surface area contributed by atoms with E-state index in [0.717, 1.165) is 22.5 Å². The normalized spacial score (nSPS) is 11.5. The van der Waals surface area contributed by atoms with Crippen LogP contribution in [0.4, 0.5) is 5.82 Å². The number of hydrogen-bond donors (Lipinski definition) is 1. The highest BCUT2D eigenvalue weighted by Gasteiger charge is 2.20. The molecule has 0 aromatic carbocycles. The molecule has 0 saturated heterocycles. The summed E-state index contributed by atoms with van der Waals surface area (Å²) in [6, 6.07) is 0. The van der Waals surface area contributed by atoms with E-state index in [9.17, 15) is 0 Å². The van der Waals surface area contributed by atoms with Crippen molar-refractivity contribution in [3.63, 3.8) is 0 Å². The zero-order chi connectivity index (χ0) is 10.8. The van der Waals surface area contributed by atoms with Crippen LogP contribution in [0.1, 0.15) is 33.4 Å². The first-order chi connectivity index (χ1) is 6.46. The van der Waals surface area contributed by atoms with Crippen LogP contribution in [0.5, 0.6) is 0 Å². The topological polar surface area (TPSA) is 37.8 Å². The summed E-state index contributed by atoms with van der Waals surface area (Å²) in [5.74, 6) is 0.868. The second kappa shape index (κ2) is 4.26. The largest absolute Gasteiger partial charge is 0.369 e. The summed E-state index contributed by atoms with van der Waals surface area (Å²) in [4.78, 5) is 8.47. The van der Waals surface area contributed by atoms with Crippen LogP contribution < -0.4 is 5.32 Å². The Morgan fingerprint density at radius 3 is 2.50 bits per heavy atom. The molecular formula is C10H16BrN3. The molecule has 0 aliphatic carbocycles. The van der Waals surface area contributed by atoms with Crippen LogP contribution in [0.15, 0.2) is 10.8 Å². The van der Waals surface area contributed by atoms with Gasteiger partial charge < -0.3 is 5.32 Å². The van der Waals surface area contributed by atoms with Gasteiger partial charge in [0.2, 0.25) is 0 Å². The molecule has 0 radical (unpaired) electrons. The van der Waals surface area contributed by atoms with Crippen LogP contribution in [0.2, 0.25) is 0 Å². The van der Waals surface area contributed by atoms with E-state index in [4.69, 9.17) is 0 Å². The van der Waals surface area contributed by atoms with Gasteiger partial charge in [0.15, 0.2) is 0 Å². The second-order valence-electron chi connectivity index (χ2n) is 4.17. The van der Waals surface area contributed by atoms with Crippen molar-refractivity contribution in [3.05, 3.63) is 16.5 Å². The molecule has 0 aliphatic rings. The summed E-state index contributed by atoms with van der Waals surface area (Å²) in [6.07, 6.45) is 1.60. The van der Waals surface area contributed by atoms with Crippen molar-refractivity contribution in [2.75, 3.05) is 11.9 Å². The Morgan fingerprint density at radius 2 is 2.00 bits per heavy atom. The van der Waals surface area contributed by atoms with Crippen molar-refractivity contribution in [1.29, 1.82) is 0 Å². The highest BCUT2D eigenvalue weighted by molar-refractivity contribution is 9.10. The van der Waals surface area contributed by atoms with Gasteiger partial charge in [-0.05, 0) is 22.9 Å². The molecule has 0 atom stereocenters. The molecule has 0 saturated carbocycles. The van der Waals surface area contributed by atoms with Crippen LogP contribution >= 0.6 is 15.9 Å². The SMILES string of the molecule is CCNc1ncnc(C(C)(C)C)c1Br. The number of hydrogen-bond acceptors (Lipinski definition) is 3. The maximum Gasteiger partial charge on any atom is 0.144 e. The molecular weight excluding hydrogens is 242 g/mol. The summed E-state index contributed by atoms with van der Waals surface area (Å²) >= 11 is 3.53. The zero-order valence-electron chi connectivity index (χ0n) is 9.06. The molecule has 1 aromatic rings. The van der Waals surface area contributed by atoms with Crippen LogP contribution in [0.3, 0.4) is 0 Å². The number of nitrogens with one attached hydrogen (secondary N) is 1. The fraction of sp³-hybridized carbons (Fsp3) is 0.600. The molecule has 1 heterocycles. The van der Waals surface area contributed by atoms with E-state index < -0.39 is 0 Å². The molecule has 78 valence electrons. The smallest absolute Gasteiger partial charge is 0.144 e. The maximum absolute atomic E-state index is 4.29. The van der Waals surface area contributed by atoms with Crippen LogP contribution in [-0.2, 0) is 5.41 Å². The summed E-state index contributed by atoms with van der Waals surface area (Å²) in [6.45, 7) is 9.31. The van der Waals surface area contributed by atoms with E-state index in [-0.39, 0.29) is 5.41 Å². The van der Waals surface area contributed by atoms with Gasteiger partial charge in [0, 0.05) is 12.0 Å². The number of nitrogens with zero attached hydrogens (tertiary/aromatic N) is 2. The van der Waals surface area contributed by atoms with Crippen molar-refractivity contribution in [1.82, 2.24) is 9.97 Å². The monoisotopic (exact) mass is 257 g/mol. The number of halogens is 1. The first kappa shape index (κ1) is 11.4. The summed E-state index contributed by atoms with van der Waals surface area (Å²) in [5, 5.41) is 3.19. The lowest BCUT2D eigenvalue weighted by Crippen LogP contribution is -2.16. The van der Waals surface area contributed by atoms with Gasteiger partial charge in [0.05, 0.1) is 10.2 Å². The highest BCUT2D eigenvalue weighted by Crippen LogP contribution is 2.31. The lowest BCUT2D eigenvalue weighted by molar-refractivity contribution is 0.563. The minimum atomic E-state index is 0.0337. The van der Waals surface area contributed by atoms with Crippen molar-refractivity contribution in [2.45, 2.75) is 33.1 Å². The zero-order valence-corrected chi connectivity index (χ0v) is 10.6. The lowest BCUT2D eigenvalue weighted by Gasteiger charge is -2.20. The maximum atomic E-state index is 4.29. The predicted molar refractivity (Wildman–Crippen MR) is 62.6 cm³/mol. The molecule has 14 heavy (non-hydrogen) atoms. The molecule has 1 N–H and O–H groups in total. The molecule has 0 fully saturated rings. The van der Waals surface area contributed by atoms with Gasteiger partial charge in [-0.1, -0.05) is 20.8 Å². The van der Waals surface area contributed by atoms with E-state index >= 15 is 0 Å². The van der Waals surface area contributed by atoms with Crippen molar-refractivity contribution in [2.24, 2.45) is 0 Å². The standard InChI is InChI=1S/C10H16BrN3/c1-5-12-9-7(11)8(10(2,3)4)13-6-14-9/h6H,5H2,1-4H3,(H,12,13,14). The molecule has 0 bridgehead atoms. The molecule has 0 unspecified atom stereocenters. The minimum Gasteiger partial charge on any atom is -0.369 e.